The Labute approximate surface area is 98.6 Å². The zero-order valence-corrected chi connectivity index (χ0v) is 9.66. The number of alkyl halides is 2. The predicted molar refractivity (Wildman–Crippen MR) is 61.0 cm³/mol. The molecular weight excluding hydrogens is 224 g/mol. The lowest BCUT2D eigenvalue weighted by Crippen LogP contribution is -2.28. The first-order valence-electron chi connectivity index (χ1n) is 5.83. The Hall–Kier alpha value is -1.23. The molecule has 92 valence electrons. The number of piperidine rings is 1. The fraction of sp³-hybridized carbons (Fsp3) is 0.583. The van der Waals surface area contributed by atoms with Crippen LogP contribution in [0.4, 0.5) is 14.6 Å². The number of hydrogen-bond acceptors (Lipinski definition) is 3. The van der Waals surface area contributed by atoms with Gasteiger partial charge in [0.05, 0.1) is 11.8 Å². The number of pyridine rings is 1. The van der Waals surface area contributed by atoms with E-state index >= 15 is 0 Å². The van der Waals surface area contributed by atoms with Crippen molar-refractivity contribution in [1.29, 1.82) is 0 Å². The summed E-state index contributed by atoms with van der Waals surface area (Å²) in [6.45, 7) is 3.21. The van der Waals surface area contributed by atoms with Gasteiger partial charge in [0.1, 0.15) is 5.82 Å². The SMILES string of the molecule is Cc1nc(N2CC3C(C2)C3(F)F)ccc1CN. The van der Waals surface area contributed by atoms with E-state index in [1.54, 1.807) is 0 Å². The standard InChI is InChI=1S/C12H15F2N3/c1-7-8(4-15)2-3-11(16-7)17-5-9-10(6-17)12(9,13)14/h2-3,9-10H,4-6,15H2,1H3. The van der Waals surface area contributed by atoms with Crippen molar-refractivity contribution in [3.63, 3.8) is 0 Å². The number of aryl methyl sites for hydroxylation is 1. The highest BCUT2D eigenvalue weighted by Crippen LogP contribution is 2.59. The van der Waals surface area contributed by atoms with Crippen molar-refractivity contribution in [3.05, 3.63) is 23.4 Å². The average molecular weight is 239 g/mol. The third-order valence-corrected chi connectivity index (χ3v) is 3.92. The molecule has 1 saturated heterocycles. The molecule has 0 amide bonds. The van der Waals surface area contributed by atoms with Crippen LogP contribution in [0.25, 0.3) is 0 Å². The van der Waals surface area contributed by atoms with Gasteiger partial charge in [-0.2, -0.15) is 0 Å². The summed E-state index contributed by atoms with van der Waals surface area (Å²) in [5.74, 6) is -2.55. The summed E-state index contributed by atoms with van der Waals surface area (Å²) >= 11 is 0. The van der Waals surface area contributed by atoms with Crippen LogP contribution in [-0.2, 0) is 6.54 Å². The summed E-state index contributed by atoms with van der Waals surface area (Å²) in [6.07, 6.45) is 0. The minimum atomic E-state index is -2.43. The van der Waals surface area contributed by atoms with Crippen molar-refractivity contribution in [2.75, 3.05) is 18.0 Å². The molecule has 0 bridgehead atoms. The maximum atomic E-state index is 13.1. The Morgan fingerprint density at radius 2 is 2.06 bits per heavy atom. The van der Waals surface area contributed by atoms with Gasteiger partial charge in [0, 0.05) is 25.3 Å². The number of rotatable bonds is 2. The Balaban J connectivity index is 1.77. The fourth-order valence-electron chi connectivity index (χ4n) is 2.66. The van der Waals surface area contributed by atoms with Gasteiger partial charge in [0.25, 0.3) is 5.92 Å². The van der Waals surface area contributed by atoms with Gasteiger partial charge in [0.15, 0.2) is 0 Å². The topological polar surface area (TPSA) is 42.2 Å². The van der Waals surface area contributed by atoms with Gasteiger partial charge in [-0.25, -0.2) is 13.8 Å². The molecular formula is C12H15F2N3. The quantitative estimate of drug-likeness (QED) is 0.851. The van der Waals surface area contributed by atoms with Crippen LogP contribution in [-0.4, -0.2) is 24.0 Å². The van der Waals surface area contributed by atoms with Gasteiger partial charge in [0.2, 0.25) is 0 Å². The van der Waals surface area contributed by atoms with Crippen LogP contribution in [0.1, 0.15) is 11.3 Å². The van der Waals surface area contributed by atoms with E-state index in [0.717, 1.165) is 17.1 Å². The summed E-state index contributed by atoms with van der Waals surface area (Å²) in [7, 11) is 0. The number of nitrogens with two attached hydrogens (primary N) is 1. The molecule has 0 spiro atoms. The predicted octanol–water partition coefficient (Wildman–Crippen LogP) is 1.55. The molecule has 3 rings (SSSR count). The van der Waals surface area contributed by atoms with Gasteiger partial charge >= 0.3 is 0 Å². The second-order valence-electron chi connectivity index (χ2n) is 4.91. The number of aromatic nitrogens is 1. The number of anilines is 1. The van der Waals surface area contributed by atoms with Crippen molar-refractivity contribution >= 4 is 5.82 Å². The van der Waals surface area contributed by atoms with Crippen LogP contribution in [0, 0.1) is 18.8 Å². The highest BCUT2D eigenvalue weighted by Gasteiger charge is 2.71. The molecule has 5 heteroatoms. The second kappa shape index (κ2) is 3.38. The fourth-order valence-corrected chi connectivity index (χ4v) is 2.66. The lowest BCUT2D eigenvalue weighted by atomic mass is 10.2. The highest BCUT2D eigenvalue weighted by atomic mass is 19.3. The molecule has 1 aliphatic heterocycles. The van der Waals surface area contributed by atoms with Gasteiger partial charge in [-0.15, -0.1) is 0 Å². The smallest absolute Gasteiger partial charge is 0.258 e. The molecule has 1 aliphatic carbocycles. The lowest BCUT2D eigenvalue weighted by Gasteiger charge is -2.21. The maximum Gasteiger partial charge on any atom is 0.258 e. The van der Waals surface area contributed by atoms with Gasteiger partial charge in [-0.05, 0) is 18.6 Å². The number of halogens is 2. The normalized spacial score (nSPS) is 29.3. The molecule has 2 fully saturated rings. The Morgan fingerprint density at radius 3 is 2.59 bits per heavy atom. The minimum absolute atomic E-state index is 0.423. The van der Waals surface area contributed by atoms with Crippen LogP contribution < -0.4 is 10.6 Å². The first kappa shape index (κ1) is 10.9. The molecule has 17 heavy (non-hydrogen) atoms. The van der Waals surface area contributed by atoms with Crippen LogP contribution >= 0.6 is 0 Å². The Bertz CT molecular complexity index is 447. The van der Waals surface area contributed by atoms with Crippen molar-refractivity contribution in [3.8, 4) is 0 Å². The molecule has 2 unspecified atom stereocenters. The van der Waals surface area contributed by atoms with E-state index in [0.29, 0.717) is 19.6 Å². The van der Waals surface area contributed by atoms with Crippen LogP contribution in [0.15, 0.2) is 12.1 Å². The average Bonchev–Trinajstić information content (AvgIpc) is 2.70. The monoisotopic (exact) mass is 239 g/mol. The molecule has 2 atom stereocenters. The molecule has 2 N–H and O–H groups in total. The Morgan fingerprint density at radius 1 is 1.41 bits per heavy atom. The summed E-state index contributed by atoms with van der Waals surface area (Å²) in [5.41, 5.74) is 7.46. The first-order valence-corrected chi connectivity index (χ1v) is 5.83. The van der Waals surface area contributed by atoms with E-state index in [2.05, 4.69) is 4.98 Å². The third-order valence-electron chi connectivity index (χ3n) is 3.92. The van der Waals surface area contributed by atoms with E-state index < -0.39 is 17.8 Å². The molecule has 1 saturated carbocycles. The van der Waals surface area contributed by atoms with Crippen molar-refractivity contribution in [2.24, 2.45) is 17.6 Å². The lowest BCUT2D eigenvalue weighted by molar-refractivity contribution is 0.0797. The van der Waals surface area contributed by atoms with E-state index in [1.165, 1.54) is 0 Å². The molecule has 0 radical (unpaired) electrons. The molecule has 3 nitrogen and oxygen atoms in total. The van der Waals surface area contributed by atoms with Gasteiger partial charge in [-0.1, -0.05) is 6.07 Å². The molecule has 2 heterocycles. The van der Waals surface area contributed by atoms with Crippen molar-refractivity contribution in [2.45, 2.75) is 19.4 Å². The van der Waals surface area contributed by atoms with Crippen LogP contribution in [0.2, 0.25) is 0 Å². The van der Waals surface area contributed by atoms with Crippen molar-refractivity contribution < 1.29 is 8.78 Å². The van der Waals surface area contributed by atoms with E-state index in [4.69, 9.17) is 5.73 Å². The summed E-state index contributed by atoms with van der Waals surface area (Å²) in [6, 6.07) is 3.80. The maximum absolute atomic E-state index is 13.1. The van der Waals surface area contributed by atoms with E-state index in [9.17, 15) is 8.78 Å². The zero-order chi connectivity index (χ0) is 12.2. The molecule has 0 aromatic carbocycles. The summed E-state index contributed by atoms with van der Waals surface area (Å²) in [5, 5.41) is 0. The second-order valence-corrected chi connectivity index (χ2v) is 4.91. The third kappa shape index (κ3) is 1.52. The highest BCUT2D eigenvalue weighted by molar-refractivity contribution is 5.45. The van der Waals surface area contributed by atoms with E-state index in [-0.39, 0.29) is 0 Å². The van der Waals surface area contributed by atoms with E-state index in [1.807, 2.05) is 24.0 Å². The largest absolute Gasteiger partial charge is 0.356 e. The zero-order valence-electron chi connectivity index (χ0n) is 9.66. The summed E-state index contributed by atoms with van der Waals surface area (Å²) in [4.78, 5) is 6.37. The van der Waals surface area contributed by atoms with Crippen LogP contribution in [0.3, 0.4) is 0 Å². The van der Waals surface area contributed by atoms with Crippen LogP contribution in [0.5, 0.6) is 0 Å². The molecule has 2 aliphatic rings. The molecule has 1 aromatic rings. The van der Waals surface area contributed by atoms with Crippen molar-refractivity contribution in [1.82, 2.24) is 4.98 Å². The number of hydrogen-bond donors (Lipinski definition) is 1. The Kier molecular flexibility index (Phi) is 2.17. The first-order chi connectivity index (χ1) is 8.04. The van der Waals surface area contributed by atoms with Gasteiger partial charge in [-0.3, -0.25) is 0 Å². The minimum Gasteiger partial charge on any atom is -0.356 e. The van der Waals surface area contributed by atoms with Gasteiger partial charge < -0.3 is 10.6 Å². The molecule has 1 aromatic heterocycles. The summed E-state index contributed by atoms with van der Waals surface area (Å²) < 4.78 is 26.1. The number of nitrogens with zero attached hydrogens (tertiary/aromatic N) is 2. The number of fused-ring (bicyclic) bond motifs is 1.